The lowest BCUT2D eigenvalue weighted by Gasteiger charge is -2.09. The molecular formula is C13H19N. The highest BCUT2D eigenvalue weighted by Gasteiger charge is 2.23. The lowest BCUT2D eigenvalue weighted by molar-refractivity contribution is 0.588. The molecule has 0 spiro atoms. The third kappa shape index (κ3) is 2.58. The highest BCUT2D eigenvalue weighted by atomic mass is 14.9. The molecule has 14 heavy (non-hydrogen) atoms. The van der Waals surface area contributed by atoms with E-state index < -0.39 is 0 Å². The second kappa shape index (κ2) is 4.14. The molecule has 1 fully saturated rings. The van der Waals surface area contributed by atoms with Gasteiger partial charge in [0.1, 0.15) is 0 Å². The Kier molecular flexibility index (Phi) is 2.87. The number of benzene rings is 1. The average molecular weight is 189 g/mol. The van der Waals surface area contributed by atoms with E-state index in [4.69, 9.17) is 0 Å². The van der Waals surface area contributed by atoms with Crippen molar-refractivity contribution < 1.29 is 0 Å². The largest absolute Gasteiger partial charge is 0.310 e. The Morgan fingerprint density at radius 3 is 2.79 bits per heavy atom. The zero-order chi connectivity index (χ0) is 9.97. The van der Waals surface area contributed by atoms with Crippen molar-refractivity contribution >= 4 is 0 Å². The Morgan fingerprint density at radius 1 is 1.36 bits per heavy atom. The maximum absolute atomic E-state index is 3.45. The number of hydrogen-bond donors (Lipinski definition) is 1. The molecule has 1 aromatic rings. The maximum Gasteiger partial charge on any atom is 0.0207 e. The second-order valence-electron chi connectivity index (χ2n) is 4.55. The molecule has 1 aliphatic carbocycles. The van der Waals surface area contributed by atoms with Crippen LogP contribution in [-0.2, 0) is 6.54 Å². The summed E-state index contributed by atoms with van der Waals surface area (Å²) in [5, 5.41) is 3.45. The normalized spacial score (nSPS) is 16.2. The molecule has 1 heteroatoms. The van der Waals surface area contributed by atoms with Crippen molar-refractivity contribution in [2.75, 3.05) is 0 Å². The van der Waals surface area contributed by atoms with Gasteiger partial charge in [0.25, 0.3) is 0 Å². The fraction of sp³-hybridized carbons (Fsp3) is 0.538. The van der Waals surface area contributed by atoms with E-state index in [0.717, 1.165) is 12.5 Å². The van der Waals surface area contributed by atoms with Crippen LogP contribution in [0.25, 0.3) is 0 Å². The molecule has 0 radical (unpaired) electrons. The topological polar surface area (TPSA) is 12.0 Å². The summed E-state index contributed by atoms with van der Waals surface area (Å²) in [4.78, 5) is 0. The molecule has 1 aliphatic rings. The van der Waals surface area contributed by atoms with E-state index in [2.05, 4.69) is 43.4 Å². The smallest absolute Gasteiger partial charge is 0.0207 e. The Balaban J connectivity index is 1.99. The summed E-state index contributed by atoms with van der Waals surface area (Å²) >= 11 is 0. The molecule has 0 unspecified atom stereocenters. The molecule has 1 aromatic carbocycles. The quantitative estimate of drug-likeness (QED) is 0.767. The minimum absolute atomic E-state index is 0.569. The first-order chi connectivity index (χ1) is 6.75. The van der Waals surface area contributed by atoms with Crippen LogP contribution in [0.4, 0.5) is 0 Å². The van der Waals surface area contributed by atoms with Crippen molar-refractivity contribution in [3.63, 3.8) is 0 Å². The van der Waals surface area contributed by atoms with E-state index in [-0.39, 0.29) is 0 Å². The molecule has 0 bridgehead atoms. The SMILES string of the molecule is CC(C)NCc1cccc(C2CC2)c1. The third-order valence-corrected chi connectivity index (χ3v) is 2.71. The van der Waals surface area contributed by atoms with E-state index in [0.29, 0.717) is 6.04 Å². The minimum atomic E-state index is 0.569. The summed E-state index contributed by atoms with van der Waals surface area (Å²) in [7, 11) is 0. The van der Waals surface area contributed by atoms with E-state index >= 15 is 0 Å². The summed E-state index contributed by atoms with van der Waals surface area (Å²) in [6, 6.07) is 9.58. The van der Waals surface area contributed by atoms with Gasteiger partial charge in [-0.1, -0.05) is 38.1 Å². The highest BCUT2D eigenvalue weighted by molar-refractivity contribution is 5.29. The molecule has 76 valence electrons. The van der Waals surface area contributed by atoms with Crippen LogP contribution in [-0.4, -0.2) is 6.04 Å². The monoisotopic (exact) mass is 189 g/mol. The number of hydrogen-bond acceptors (Lipinski definition) is 1. The third-order valence-electron chi connectivity index (χ3n) is 2.71. The van der Waals surface area contributed by atoms with Crippen LogP contribution in [0.2, 0.25) is 0 Å². The van der Waals surface area contributed by atoms with Crippen LogP contribution in [0.1, 0.15) is 43.7 Å². The lowest BCUT2D eigenvalue weighted by atomic mass is 10.1. The van der Waals surface area contributed by atoms with Crippen molar-refractivity contribution in [1.29, 1.82) is 0 Å². The zero-order valence-corrected chi connectivity index (χ0v) is 9.09. The van der Waals surface area contributed by atoms with Crippen LogP contribution >= 0.6 is 0 Å². The van der Waals surface area contributed by atoms with Gasteiger partial charge in [0.15, 0.2) is 0 Å². The summed E-state index contributed by atoms with van der Waals surface area (Å²) in [5.74, 6) is 0.869. The van der Waals surface area contributed by atoms with Gasteiger partial charge < -0.3 is 5.32 Å². The maximum atomic E-state index is 3.45. The van der Waals surface area contributed by atoms with Gasteiger partial charge in [-0.25, -0.2) is 0 Å². The average Bonchev–Trinajstić information content (AvgIpc) is 2.98. The molecule has 1 N–H and O–H groups in total. The summed E-state index contributed by atoms with van der Waals surface area (Å²) in [6.07, 6.45) is 2.78. The Bertz CT molecular complexity index is 300. The van der Waals surface area contributed by atoms with Crippen LogP contribution in [0.15, 0.2) is 24.3 Å². The van der Waals surface area contributed by atoms with Gasteiger partial charge in [-0.2, -0.15) is 0 Å². The molecule has 0 aromatic heterocycles. The van der Waals surface area contributed by atoms with Crippen LogP contribution in [0, 0.1) is 0 Å². The second-order valence-corrected chi connectivity index (χ2v) is 4.55. The first-order valence-electron chi connectivity index (χ1n) is 5.58. The first kappa shape index (κ1) is 9.72. The van der Waals surface area contributed by atoms with Crippen LogP contribution in [0.5, 0.6) is 0 Å². The van der Waals surface area contributed by atoms with E-state index in [1.165, 1.54) is 24.0 Å². The molecule has 0 aliphatic heterocycles. The molecular weight excluding hydrogens is 170 g/mol. The number of rotatable bonds is 4. The van der Waals surface area contributed by atoms with E-state index in [1.807, 2.05) is 0 Å². The minimum Gasteiger partial charge on any atom is -0.310 e. The van der Waals surface area contributed by atoms with Gasteiger partial charge in [-0.3, -0.25) is 0 Å². The Hall–Kier alpha value is -0.820. The highest BCUT2D eigenvalue weighted by Crippen LogP contribution is 2.40. The summed E-state index contributed by atoms with van der Waals surface area (Å²) in [6.45, 7) is 5.37. The van der Waals surface area contributed by atoms with Gasteiger partial charge in [0, 0.05) is 12.6 Å². The molecule has 0 amide bonds. The fourth-order valence-electron chi connectivity index (χ4n) is 1.70. The van der Waals surface area contributed by atoms with Gasteiger partial charge >= 0.3 is 0 Å². The Morgan fingerprint density at radius 2 is 2.14 bits per heavy atom. The Labute approximate surface area is 86.5 Å². The van der Waals surface area contributed by atoms with Gasteiger partial charge in [0.05, 0.1) is 0 Å². The standard InChI is InChI=1S/C13H19N/c1-10(2)14-9-11-4-3-5-13(8-11)12-6-7-12/h3-5,8,10,12,14H,6-7,9H2,1-2H3. The van der Waals surface area contributed by atoms with E-state index in [9.17, 15) is 0 Å². The predicted molar refractivity (Wildman–Crippen MR) is 60.4 cm³/mol. The fourth-order valence-corrected chi connectivity index (χ4v) is 1.70. The lowest BCUT2D eigenvalue weighted by Crippen LogP contribution is -2.21. The van der Waals surface area contributed by atoms with Gasteiger partial charge in [0.2, 0.25) is 0 Å². The predicted octanol–water partition coefficient (Wildman–Crippen LogP) is 3.06. The summed E-state index contributed by atoms with van der Waals surface area (Å²) < 4.78 is 0. The van der Waals surface area contributed by atoms with Crippen molar-refractivity contribution in [2.45, 2.75) is 45.2 Å². The van der Waals surface area contributed by atoms with E-state index in [1.54, 1.807) is 0 Å². The molecule has 0 saturated heterocycles. The first-order valence-corrected chi connectivity index (χ1v) is 5.58. The van der Waals surface area contributed by atoms with Gasteiger partial charge in [-0.05, 0) is 29.9 Å². The zero-order valence-electron chi connectivity index (χ0n) is 9.09. The molecule has 0 heterocycles. The van der Waals surface area contributed by atoms with Crippen molar-refractivity contribution in [3.05, 3.63) is 35.4 Å². The molecule has 1 nitrogen and oxygen atoms in total. The summed E-state index contributed by atoms with van der Waals surface area (Å²) in [5.41, 5.74) is 2.95. The van der Waals surface area contributed by atoms with Crippen molar-refractivity contribution in [3.8, 4) is 0 Å². The molecule has 1 saturated carbocycles. The van der Waals surface area contributed by atoms with Crippen molar-refractivity contribution in [2.24, 2.45) is 0 Å². The van der Waals surface area contributed by atoms with Gasteiger partial charge in [-0.15, -0.1) is 0 Å². The van der Waals surface area contributed by atoms with Crippen LogP contribution in [0.3, 0.4) is 0 Å². The molecule has 2 rings (SSSR count). The molecule has 0 atom stereocenters. The van der Waals surface area contributed by atoms with Crippen molar-refractivity contribution in [1.82, 2.24) is 5.32 Å². The number of nitrogens with one attached hydrogen (secondary N) is 1. The van der Waals surface area contributed by atoms with Crippen LogP contribution < -0.4 is 5.32 Å².